The maximum atomic E-state index is 12.4. The summed E-state index contributed by atoms with van der Waals surface area (Å²) in [5.41, 5.74) is 8.06. The third kappa shape index (κ3) is 3.74. The van der Waals surface area contributed by atoms with Gasteiger partial charge in [-0.25, -0.2) is 0 Å². The highest BCUT2D eigenvalue weighted by Gasteiger charge is 2.26. The first-order valence-corrected chi connectivity index (χ1v) is 8.29. The summed E-state index contributed by atoms with van der Waals surface area (Å²) in [5, 5.41) is 3.46. The van der Waals surface area contributed by atoms with Gasteiger partial charge in [0.15, 0.2) is 0 Å². The predicted molar refractivity (Wildman–Crippen MR) is 97.9 cm³/mol. The lowest BCUT2D eigenvalue weighted by atomic mass is 10.1. The molecule has 0 aromatic heterocycles. The van der Waals surface area contributed by atoms with Crippen molar-refractivity contribution in [1.82, 2.24) is 0 Å². The summed E-state index contributed by atoms with van der Waals surface area (Å²) in [4.78, 5) is 14.4. The molecule has 1 heterocycles. The Morgan fingerprint density at radius 3 is 2.96 bits per heavy atom. The lowest BCUT2D eigenvalue weighted by molar-refractivity contribution is -0.115. The van der Waals surface area contributed by atoms with Gasteiger partial charge in [-0.3, -0.25) is 4.79 Å². The van der Waals surface area contributed by atoms with Crippen LogP contribution in [0.1, 0.15) is 13.3 Å². The standard InChI is InChI=1S/C18H20ClN3O2/c1-2-15-10-22(16-7-6-13(20)9-17(16)24-15)11-18(23)21-14-5-3-4-12(19)8-14/h3-9,15H,2,10-11,20H2,1H3,(H,21,23). The molecular weight excluding hydrogens is 326 g/mol. The summed E-state index contributed by atoms with van der Waals surface area (Å²) >= 11 is 5.95. The number of benzene rings is 2. The maximum Gasteiger partial charge on any atom is 0.243 e. The Morgan fingerprint density at radius 1 is 1.38 bits per heavy atom. The molecule has 0 saturated heterocycles. The molecule has 0 spiro atoms. The number of amides is 1. The molecule has 2 aromatic rings. The molecule has 5 nitrogen and oxygen atoms in total. The van der Waals surface area contributed by atoms with Crippen LogP contribution in [-0.4, -0.2) is 25.1 Å². The molecule has 6 heteroatoms. The van der Waals surface area contributed by atoms with Gasteiger partial charge in [0.25, 0.3) is 0 Å². The second kappa shape index (κ2) is 7.01. The molecule has 24 heavy (non-hydrogen) atoms. The molecule has 0 saturated carbocycles. The van der Waals surface area contributed by atoms with Crippen LogP contribution in [0.4, 0.5) is 17.1 Å². The van der Waals surface area contributed by atoms with E-state index >= 15 is 0 Å². The number of halogens is 1. The van der Waals surface area contributed by atoms with Crippen molar-refractivity contribution in [2.45, 2.75) is 19.4 Å². The summed E-state index contributed by atoms with van der Waals surface area (Å²) in [6, 6.07) is 12.6. The van der Waals surface area contributed by atoms with Gasteiger partial charge in [-0.1, -0.05) is 24.6 Å². The number of carbonyl (C=O) groups is 1. The first-order valence-electron chi connectivity index (χ1n) is 7.91. The fourth-order valence-corrected chi connectivity index (χ4v) is 2.94. The lowest BCUT2D eigenvalue weighted by Crippen LogP contribution is -2.43. The Kier molecular flexibility index (Phi) is 4.81. The number of nitrogens with two attached hydrogens (primary N) is 1. The van der Waals surface area contributed by atoms with Crippen LogP contribution in [0.3, 0.4) is 0 Å². The van der Waals surface area contributed by atoms with Crippen LogP contribution in [0.5, 0.6) is 5.75 Å². The van der Waals surface area contributed by atoms with Crippen molar-refractivity contribution in [1.29, 1.82) is 0 Å². The zero-order chi connectivity index (χ0) is 17.1. The third-order valence-corrected chi connectivity index (χ3v) is 4.18. The highest BCUT2D eigenvalue weighted by atomic mass is 35.5. The first-order chi connectivity index (χ1) is 11.5. The van der Waals surface area contributed by atoms with Gasteiger partial charge in [0.05, 0.1) is 18.8 Å². The smallest absolute Gasteiger partial charge is 0.243 e. The van der Waals surface area contributed by atoms with E-state index in [0.29, 0.717) is 22.9 Å². The molecule has 1 aliphatic heterocycles. The van der Waals surface area contributed by atoms with Gasteiger partial charge in [-0.05, 0) is 36.8 Å². The molecule has 1 aliphatic rings. The molecule has 1 atom stereocenters. The van der Waals surface area contributed by atoms with Crippen LogP contribution < -0.4 is 20.7 Å². The van der Waals surface area contributed by atoms with Gasteiger partial charge in [-0.15, -0.1) is 0 Å². The molecule has 1 unspecified atom stereocenters. The minimum absolute atomic E-state index is 0.0401. The monoisotopic (exact) mass is 345 g/mol. The highest BCUT2D eigenvalue weighted by molar-refractivity contribution is 6.30. The van der Waals surface area contributed by atoms with Crippen LogP contribution in [0.25, 0.3) is 0 Å². The Bertz CT molecular complexity index is 751. The number of hydrogen-bond acceptors (Lipinski definition) is 4. The van der Waals surface area contributed by atoms with E-state index < -0.39 is 0 Å². The Hall–Kier alpha value is -2.40. The fraction of sp³-hybridized carbons (Fsp3) is 0.278. The second-order valence-corrected chi connectivity index (χ2v) is 6.25. The van der Waals surface area contributed by atoms with Crippen molar-refractivity contribution in [3.63, 3.8) is 0 Å². The number of hydrogen-bond donors (Lipinski definition) is 2. The quantitative estimate of drug-likeness (QED) is 0.832. The van der Waals surface area contributed by atoms with E-state index in [1.807, 2.05) is 23.1 Å². The summed E-state index contributed by atoms with van der Waals surface area (Å²) in [5.74, 6) is 0.625. The zero-order valence-corrected chi connectivity index (χ0v) is 14.2. The molecule has 3 rings (SSSR count). The lowest BCUT2D eigenvalue weighted by Gasteiger charge is -2.35. The number of nitrogens with one attached hydrogen (secondary N) is 1. The van der Waals surface area contributed by atoms with Gasteiger partial charge >= 0.3 is 0 Å². The van der Waals surface area contributed by atoms with E-state index in [2.05, 4.69) is 12.2 Å². The number of anilines is 3. The van der Waals surface area contributed by atoms with E-state index in [-0.39, 0.29) is 18.6 Å². The number of rotatable bonds is 4. The predicted octanol–water partition coefficient (Wildman–Crippen LogP) is 3.54. The molecule has 2 aromatic carbocycles. The molecule has 126 valence electrons. The SMILES string of the molecule is CCC1CN(CC(=O)Nc2cccc(Cl)c2)c2ccc(N)cc2O1. The number of fused-ring (bicyclic) bond motifs is 1. The minimum Gasteiger partial charge on any atom is -0.486 e. The van der Waals surface area contributed by atoms with Crippen molar-refractivity contribution in [2.24, 2.45) is 0 Å². The summed E-state index contributed by atoms with van der Waals surface area (Å²) in [6.07, 6.45) is 0.902. The van der Waals surface area contributed by atoms with Gasteiger partial charge in [0.1, 0.15) is 11.9 Å². The normalized spacial score (nSPS) is 16.2. The maximum absolute atomic E-state index is 12.4. The summed E-state index contributed by atoms with van der Waals surface area (Å²) in [6.45, 7) is 2.96. The summed E-state index contributed by atoms with van der Waals surface area (Å²) in [7, 11) is 0. The summed E-state index contributed by atoms with van der Waals surface area (Å²) < 4.78 is 5.94. The number of carbonyl (C=O) groups excluding carboxylic acids is 1. The average molecular weight is 346 g/mol. The van der Waals surface area contributed by atoms with Crippen molar-refractivity contribution >= 4 is 34.6 Å². The molecule has 0 bridgehead atoms. The Balaban J connectivity index is 1.75. The van der Waals surface area contributed by atoms with E-state index in [1.165, 1.54) is 0 Å². The van der Waals surface area contributed by atoms with E-state index in [1.54, 1.807) is 24.3 Å². The van der Waals surface area contributed by atoms with Crippen LogP contribution in [0.2, 0.25) is 5.02 Å². The topological polar surface area (TPSA) is 67.6 Å². The number of ether oxygens (including phenoxy) is 1. The van der Waals surface area contributed by atoms with Crippen LogP contribution >= 0.6 is 11.6 Å². The van der Waals surface area contributed by atoms with Gasteiger partial charge in [0.2, 0.25) is 5.91 Å². The Morgan fingerprint density at radius 2 is 2.21 bits per heavy atom. The molecular formula is C18H20ClN3O2. The van der Waals surface area contributed by atoms with Gasteiger partial charge in [0, 0.05) is 22.5 Å². The fourth-order valence-electron chi connectivity index (χ4n) is 2.75. The van der Waals surface area contributed by atoms with Crippen LogP contribution in [0, 0.1) is 0 Å². The third-order valence-electron chi connectivity index (χ3n) is 3.94. The van der Waals surface area contributed by atoms with Gasteiger partial charge in [-0.2, -0.15) is 0 Å². The van der Waals surface area contributed by atoms with Crippen molar-refractivity contribution in [3.8, 4) is 5.75 Å². The average Bonchev–Trinajstić information content (AvgIpc) is 2.54. The molecule has 0 aliphatic carbocycles. The van der Waals surface area contributed by atoms with Crippen molar-refractivity contribution in [3.05, 3.63) is 47.5 Å². The second-order valence-electron chi connectivity index (χ2n) is 5.81. The largest absolute Gasteiger partial charge is 0.486 e. The minimum atomic E-state index is -0.100. The molecule has 1 amide bonds. The van der Waals surface area contributed by atoms with E-state index in [4.69, 9.17) is 22.1 Å². The zero-order valence-electron chi connectivity index (χ0n) is 13.5. The molecule has 0 radical (unpaired) electrons. The van der Waals surface area contributed by atoms with E-state index in [9.17, 15) is 4.79 Å². The number of nitrogens with zero attached hydrogens (tertiary/aromatic N) is 1. The first kappa shape index (κ1) is 16.5. The van der Waals surface area contributed by atoms with Crippen LogP contribution in [-0.2, 0) is 4.79 Å². The van der Waals surface area contributed by atoms with E-state index in [0.717, 1.165) is 17.9 Å². The van der Waals surface area contributed by atoms with Crippen molar-refractivity contribution < 1.29 is 9.53 Å². The van der Waals surface area contributed by atoms with Crippen molar-refractivity contribution in [2.75, 3.05) is 29.0 Å². The molecule has 0 fully saturated rings. The molecule has 3 N–H and O–H groups in total. The number of nitrogen functional groups attached to an aromatic ring is 1. The Labute approximate surface area is 146 Å². The van der Waals surface area contributed by atoms with Crippen LogP contribution in [0.15, 0.2) is 42.5 Å². The van der Waals surface area contributed by atoms with Gasteiger partial charge < -0.3 is 20.7 Å². The highest BCUT2D eigenvalue weighted by Crippen LogP contribution is 2.35.